The lowest BCUT2D eigenvalue weighted by molar-refractivity contribution is 0.0667. The maximum Gasteiger partial charge on any atom is 0.254 e. The Balaban J connectivity index is 1.78. The van der Waals surface area contributed by atoms with Gasteiger partial charge in [-0.15, -0.1) is 0 Å². The fraction of sp³-hybridized carbons (Fsp3) is 0.348. The van der Waals surface area contributed by atoms with Crippen molar-refractivity contribution in [3.63, 3.8) is 0 Å². The van der Waals surface area contributed by atoms with Crippen molar-refractivity contribution in [3.05, 3.63) is 70.6 Å². The lowest BCUT2D eigenvalue weighted by Gasteiger charge is -2.26. The molecule has 2 aromatic carbocycles. The highest BCUT2D eigenvalue weighted by atomic mass is 35.5. The van der Waals surface area contributed by atoms with Gasteiger partial charge in [0.15, 0.2) is 0 Å². The summed E-state index contributed by atoms with van der Waals surface area (Å²) >= 11 is 5.93. The Morgan fingerprint density at radius 3 is 2.24 bits per heavy atom. The maximum absolute atomic E-state index is 13.1. The second-order valence-electron chi connectivity index (χ2n) is 8.37. The first-order valence-electron chi connectivity index (χ1n) is 9.65. The minimum atomic E-state index is -0.0632. The molecule has 0 radical (unpaired) electrons. The Kier molecular flexibility index (Phi) is 6.08. The number of aromatic nitrogens is 2. The molecule has 0 saturated carbocycles. The van der Waals surface area contributed by atoms with Gasteiger partial charge >= 0.3 is 0 Å². The minimum Gasteiger partial charge on any atom is -0.337 e. The number of benzene rings is 2. The van der Waals surface area contributed by atoms with Gasteiger partial charge in [0.05, 0.1) is 0 Å². The van der Waals surface area contributed by atoms with Crippen LogP contribution in [0.15, 0.2) is 53.1 Å². The molecule has 0 aliphatic rings. The predicted octanol–water partition coefficient (Wildman–Crippen LogP) is 5.74. The average molecular weight is 412 g/mol. The monoisotopic (exact) mass is 411 g/mol. The summed E-state index contributed by atoms with van der Waals surface area (Å²) in [7, 11) is 0. The third-order valence-electron chi connectivity index (χ3n) is 4.76. The van der Waals surface area contributed by atoms with Gasteiger partial charge in [0.1, 0.15) is 6.54 Å². The molecule has 5 nitrogen and oxygen atoms in total. The van der Waals surface area contributed by atoms with Crippen LogP contribution >= 0.6 is 11.6 Å². The van der Waals surface area contributed by atoms with Crippen LogP contribution < -0.4 is 0 Å². The molecule has 1 heterocycles. The van der Waals surface area contributed by atoms with Gasteiger partial charge in [-0.1, -0.05) is 49.7 Å². The van der Waals surface area contributed by atoms with Crippen molar-refractivity contribution in [1.29, 1.82) is 0 Å². The van der Waals surface area contributed by atoms with Crippen LogP contribution in [0.2, 0.25) is 5.02 Å². The fourth-order valence-corrected chi connectivity index (χ4v) is 3.07. The van der Waals surface area contributed by atoms with Crippen LogP contribution in [-0.4, -0.2) is 27.0 Å². The molecule has 1 amide bonds. The van der Waals surface area contributed by atoms with E-state index in [2.05, 4.69) is 30.9 Å². The molecule has 0 N–H and O–H groups in total. The summed E-state index contributed by atoms with van der Waals surface area (Å²) in [6.45, 7) is 10.6. The molecule has 0 atom stereocenters. The van der Waals surface area contributed by atoms with E-state index in [1.807, 2.05) is 50.2 Å². The van der Waals surface area contributed by atoms with E-state index in [0.29, 0.717) is 22.3 Å². The summed E-state index contributed by atoms with van der Waals surface area (Å²) < 4.78 is 5.39. The first-order chi connectivity index (χ1) is 13.6. The molecule has 3 aromatic rings. The molecule has 0 saturated heterocycles. The lowest BCUT2D eigenvalue weighted by Crippen LogP contribution is -2.36. The van der Waals surface area contributed by atoms with Crippen LogP contribution in [0.25, 0.3) is 11.4 Å². The zero-order chi connectivity index (χ0) is 21.2. The van der Waals surface area contributed by atoms with Crippen molar-refractivity contribution in [2.75, 3.05) is 0 Å². The number of hydrogen-bond donors (Lipinski definition) is 0. The SMILES string of the molecule is CC(C)N(Cc1nc(-c2ccc(Cl)cc2)no1)C(=O)c1ccc(C(C)(C)C)cc1. The second kappa shape index (κ2) is 8.37. The van der Waals surface area contributed by atoms with E-state index in [4.69, 9.17) is 16.1 Å². The standard InChI is InChI=1S/C23H26ClN3O2/c1-15(2)27(22(28)17-6-10-18(11-7-17)23(3,4)5)14-20-25-21(26-29-20)16-8-12-19(24)13-9-16/h6-13,15H,14H2,1-5H3. The van der Waals surface area contributed by atoms with E-state index in [9.17, 15) is 4.79 Å². The molecule has 1 aromatic heterocycles. The summed E-state index contributed by atoms with van der Waals surface area (Å²) in [5.74, 6) is 0.803. The number of rotatable bonds is 5. The van der Waals surface area contributed by atoms with E-state index < -0.39 is 0 Å². The third kappa shape index (κ3) is 5.04. The minimum absolute atomic E-state index is 0.0179. The first kappa shape index (κ1) is 21.1. The molecule has 29 heavy (non-hydrogen) atoms. The van der Waals surface area contributed by atoms with E-state index in [1.165, 1.54) is 5.56 Å². The molecule has 0 fully saturated rings. The van der Waals surface area contributed by atoms with Crippen molar-refractivity contribution >= 4 is 17.5 Å². The van der Waals surface area contributed by atoms with Gasteiger partial charge in [0, 0.05) is 22.2 Å². The van der Waals surface area contributed by atoms with Gasteiger partial charge in [-0.3, -0.25) is 4.79 Å². The van der Waals surface area contributed by atoms with Crippen LogP contribution in [-0.2, 0) is 12.0 Å². The lowest BCUT2D eigenvalue weighted by atomic mass is 9.86. The van der Waals surface area contributed by atoms with Crippen molar-refractivity contribution in [2.45, 2.75) is 52.6 Å². The zero-order valence-corrected chi connectivity index (χ0v) is 18.2. The second-order valence-corrected chi connectivity index (χ2v) is 8.81. The van der Waals surface area contributed by atoms with E-state index in [0.717, 1.165) is 5.56 Å². The maximum atomic E-state index is 13.1. The molecule has 0 unspecified atom stereocenters. The molecular weight excluding hydrogens is 386 g/mol. The van der Waals surface area contributed by atoms with Crippen molar-refractivity contribution < 1.29 is 9.32 Å². The Hall–Kier alpha value is -2.66. The number of carbonyl (C=O) groups is 1. The van der Waals surface area contributed by atoms with Crippen molar-refractivity contribution in [3.8, 4) is 11.4 Å². The summed E-state index contributed by atoms with van der Waals surface area (Å²) in [6.07, 6.45) is 0. The van der Waals surface area contributed by atoms with Crippen LogP contribution in [0.5, 0.6) is 0 Å². The fourth-order valence-electron chi connectivity index (χ4n) is 2.95. The van der Waals surface area contributed by atoms with E-state index >= 15 is 0 Å². The largest absolute Gasteiger partial charge is 0.337 e. The molecule has 0 aliphatic carbocycles. The van der Waals surface area contributed by atoms with Crippen LogP contribution in [0.1, 0.15) is 56.4 Å². The van der Waals surface area contributed by atoms with Gasteiger partial charge in [-0.05, 0) is 61.2 Å². The van der Waals surface area contributed by atoms with Gasteiger partial charge in [-0.25, -0.2) is 0 Å². The number of nitrogens with zero attached hydrogens (tertiary/aromatic N) is 3. The molecule has 0 bridgehead atoms. The number of carbonyl (C=O) groups excluding carboxylic acids is 1. The number of hydrogen-bond acceptors (Lipinski definition) is 4. The van der Waals surface area contributed by atoms with E-state index in [-0.39, 0.29) is 23.9 Å². The Morgan fingerprint density at radius 2 is 1.69 bits per heavy atom. The van der Waals surface area contributed by atoms with Gasteiger partial charge in [-0.2, -0.15) is 4.98 Å². The summed E-state index contributed by atoms with van der Waals surface area (Å²) in [4.78, 5) is 19.3. The zero-order valence-electron chi connectivity index (χ0n) is 17.4. The molecule has 3 rings (SSSR count). The highest BCUT2D eigenvalue weighted by Gasteiger charge is 2.23. The Morgan fingerprint density at radius 1 is 1.07 bits per heavy atom. The average Bonchev–Trinajstić information content (AvgIpc) is 3.14. The molecule has 0 spiro atoms. The Labute approximate surface area is 176 Å². The summed E-state index contributed by atoms with van der Waals surface area (Å²) in [5, 5.41) is 4.68. The highest BCUT2D eigenvalue weighted by Crippen LogP contribution is 2.24. The topological polar surface area (TPSA) is 59.2 Å². The number of amides is 1. The van der Waals surface area contributed by atoms with Gasteiger partial charge in [0.2, 0.25) is 11.7 Å². The molecule has 152 valence electrons. The molecular formula is C23H26ClN3O2. The smallest absolute Gasteiger partial charge is 0.254 e. The Bertz CT molecular complexity index is 971. The van der Waals surface area contributed by atoms with Gasteiger partial charge in [0.25, 0.3) is 5.91 Å². The van der Waals surface area contributed by atoms with Crippen LogP contribution in [0.3, 0.4) is 0 Å². The summed E-state index contributed by atoms with van der Waals surface area (Å²) in [5.41, 5.74) is 2.68. The normalized spacial score (nSPS) is 11.7. The van der Waals surface area contributed by atoms with Crippen LogP contribution in [0, 0.1) is 0 Å². The quantitative estimate of drug-likeness (QED) is 0.537. The molecule has 6 heteroatoms. The molecule has 0 aliphatic heterocycles. The third-order valence-corrected chi connectivity index (χ3v) is 5.01. The van der Waals surface area contributed by atoms with Crippen molar-refractivity contribution in [2.24, 2.45) is 0 Å². The summed E-state index contributed by atoms with van der Waals surface area (Å²) in [6, 6.07) is 15.0. The predicted molar refractivity (Wildman–Crippen MR) is 115 cm³/mol. The van der Waals surface area contributed by atoms with Crippen molar-refractivity contribution in [1.82, 2.24) is 15.0 Å². The van der Waals surface area contributed by atoms with E-state index in [1.54, 1.807) is 17.0 Å². The van der Waals surface area contributed by atoms with Crippen LogP contribution in [0.4, 0.5) is 0 Å². The highest BCUT2D eigenvalue weighted by molar-refractivity contribution is 6.30. The van der Waals surface area contributed by atoms with Gasteiger partial charge < -0.3 is 9.42 Å². The number of halogens is 1. The first-order valence-corrected chi connectivity index (χ1v) is 10.0.